The molecule has 5 heteroatoms. The molecule has 0 N–H and O–H groups in total. The van der Waals surface area contributed by atoms with Gasteiger partial charge in [0.1, 0.15) is 4.70 Å². The van der Waals surface area contributed by atoms with Crippen LogP contribution in [0.1, 0.15) is 19.8 Å². The SMILES string of the molecule is CCCCn1c(=O)c2sccc2n(C)c1=O. The lowest BCUT2D eigenvalue weighted by Gasteiger charge is -2.07. The highest BCUT2D eigenvalue weighted by Crippen LogP contribution is 2.13. The Morgan fingerprint density at radius 3 is 2.81 bits per heavy atom. The molecule has 0 atom stereocenters. The Bertz CT molecular complexity index is 621. The maximum atomic E-state index is 12.0. The third-order valence-corrected chi connectivity index (χ3v) is 3.59. The molecule has 0 amide bonds. The minimum absolute atomic E-state index is 0.151. The number of nitrogens with zero attached hydrogens (tertiary/aromatic N) is 2. The fourth-order valence-electron chi connectivity index (χ4n) is 1.73. The summed E-state index contributed by atoms with van der Waals surface area (Å²) in [6, 6.07) is 1.81. The average Bonchev–Trinajstić information content (AvgIpc) is 2.75. The van der Waals surface area contributed by atoms with Crippen molar-refractivity contribution in [2.24, 2.45) is 7.05 Å². The topological polar surface area (TPSA) is 44.0 Å². The van der Waals surface area contributed by atoms with E-state index in [9.17, 15) is 9.59 Å². The average molecular weight is 238 g/mol. The molecule has 0 radical (unpaired) electrons. The van der Waals surface area contributed by atoms with Crippen molar-refractivity contribution in [1.29, 1.82) is 0 Å². The number of aryl methyl sites for hydroxylation is 1. The monoisotopic (exact) mass is 238 g/mol. The smallest absolute Gasteiger partial charge is 0.295 e. The van der Waals surface area contributed by atoms with Gasteiger partial charge in [-0.05, 0) is 17.9 Å². The highest BCUT2D eigenvalue weighted by Gasteiger charge is 2.10. The summed E-state index contributed by atoms with van der Waals surface area (Å²) in [5.41, 5.74) is 0.360. The van der Waals surface area contributed by atoms with Crippen molar-refractivity contribution in [2.45, 2.75) is 26.3 Å². The van der Waals surface area contributed by atoms with Crippen molar-refractivity contribution in [1.82, 2.24) is 9.13 Å². The van der Waals surface area contributed by atoms with Gasteiger partial charge in [-0.2, -0.15) is 0 Å². The lowest BCUT2D eigenvalue weighted by molar-refractivity contribution is 0.569. The second kappa shape index (κ2) is 4.25. The Kier molecular flexibility index (Phi) is 2.96. The number of hydrogen-bond acceptors (Lipinski definition) is 3. The molecule has 0 saturated heterocycles. The normalized spacial score (nSPS) is 11.1. The van der Waals surface area contributed by atoms with Crippen LogP contribution in [0.3, 0.4) is 0 Å². The van der Waals surface area contributed by atoms with Crippen LogP contribution in [-0.4, -0.2) is 9.13 Å². The zero-order valence-electron chi connectivity index (χ0n) is 9.40. The zero-order valence-corrected chi connectivity index (χ0v) is 10.2. The first-order valence-corrected chi connectivity index (χ1v) is 6.21. The van der Waals surface area contributed by atoms with E-state index >= 15 is 0 Å². The predicted octanol–water partition coefficient (Wildman–Crippen LogP) is 1.56. The fourth-order valence-corrected chi connectivity index (χ4v) is 2.60. The van der Waals surface area contributed by atoms with Crippen molar-refractivity contribution in [3.05, 3.63) is 32.3 Å². The van der Waals surface area contributed by atoms with E-state index in [1.807, 2.05) is 18.4 Å². The van der Waals surface area contributed by atoms with Crippen LogP contribution in [0.15, 0.2) is 21.0 Å². The number of fused-ring (bicyclic) bond motifs is 1. The maximum absolute atomic E-state index is 12.0. The van der Waals surface area contributed by atoms with Gasteiger partial charge in [0.15, 0.2) is 0 Å². The number of thiophene rings is 1. The fraction of sp³-hybridized carbons (Fsp3) is 0.455. The summed E-state index contributed by atoms with van der Waals surface area (Å²) in [6.45, 7) is 2.55. The third-order valence-electron chi connectivity index (χ3n) is 2.70. The summed E-state index contributed by atoms with van der Waals surface area (Å²) in [4.78, 5) is 24.0. The van der Waals surface area contributed by atoms with Gasteiger partial charge in [-0.3, -0.25) is 13.9 Å². The Hall–Kier alpha value is -1.36. The molecule has 4 nitrogen and oxygen atoms in total. The van der Waals surface area contributed by atoms with Gasteiger partial charge < -0.3 is 0 Å². The van der Waals surface area contributed by atoms with Crippen LogP contribution in [0.25, 0.3) is 10.2 Å². The van der Waals surface area contributed by atoms with Crippen molar-refractivity contribution < 1.29 is 0 Å². The predicted molar refractivity (Wildman–Crippen MR) is 66.2 cm³/mol. The second-order valence-corrected chi connectivity index (χ2v) is 4.70. The van der Waals surface area contributed by atoms with Gasteiger partial charge in [0.2, 0.25) is 0 Å². The lowest BCUT2D eigenvalue weighted by atomic mass is 10.3. The molecule has 2 aromatic heterocycles. The van der Waals surface area contributed by atoms with Gasteiger partial charge in [-0.15, -0.1) is 11.3 Å². The van der Waals surface area contributed by atoms with Gasteiger partial charge in [-0.1, -0.05) is 13.3 Å². The first-order valence-electron chi connectivity index (χ1n) is 5.34. The van der Waals surface area contributed by atoms with E-state index in [0.717, 1.165) is 18.4 Å². The van der Waals surface area contributed by atoms with Crippen molar-refractivity contribution in [3.8, 4) is 0 Å². The van der Waals surface area contributed by atoms with E-state index in [1.165, 1.54) is 15.9 Å². The first-order chi connectivity index (χ1) is 7.66. The van der Waals surface area contributed by atoms with Crippen LogP contribution in [0.4, 0.5) is 0 Å². The van der Waals surface area contributed by atoms with E-state index < -0.39 is 0 Å². The number of hydrogen-bond donors (Lipinski definition) is 0. The summed E-state index contributed by atoms with van der Waals surface area (Å²) in [5.74, 6) is 0. The molecule has 0 aromatic carbocycles. The number of aromatic nitrogens is 2. The molecule has 2 heterocycles. The van der Waals surface area contributed by atoms with E-state index in [1.54, 1.807) is 11.6 Å². The molecule has 0 unspecified atom stereocenters. The largest absolute Gasteiger partial charge is 0.331 e. The Labute approximate surface area is 96.8 Å². The number of rotatable bonds is 3. The van der Waals surface area contributed by atoms with Crippen LogP contribution < -0.4 is 11.2 Å². The summed E-state index contributed by atoms with van der Waals surface area (Å²) >= 11 is 1.39. The van der Waals surface area contributed by atoms with E-state index in [0.29, 0.717) is 11.2 Å². The molecule has 0 aliphatic rings. The molecule has 0 aliphatic heterocycles. The van der Waals surface area contributed by atoms with E-state index in [2.05, 4.69) is 0 Å². The van der Waals surface area contributed by atoms with Gasteiger partial charge in [0.25, 0.3) is 5.56 Å². The van der Waals surface area contributed by atoms with Gasteiger partial charge in [0, 0.05) is 13.6 Å². The maximum Gasteiger partial charge on any atom is 0.331 e. The summed E-state index contributed by atoms with van der Waals surface area (Å²) < 4.78 is 3.55. The van der Waals surface area contributed by atoms with Gasteiger partial charge >= 0.3 is 5.69 Å². The Balaban J connectivity index is 2.73. The minimum atomic E-state index is -0.218. The van der Waals surface area contributed by atoms with Crippen LogP contribution in [0, 0.1) is 0 Å². The molecule has 0 bridgehead atoms. The molecular formula is C11H14N2O2S. The summed E-state index contributed by atoms with van der Waals surface area (Å²) in [6.07, 6.45) is 1.82. The Morgan fingerprint density at radius 2 is 2.12 bits per heavy atom. The number of unbranched alkanes of at least 4 members (excludes halogenated alkanes) is 1. The highest BCUT2D eigenvalue weighted by molar-refractivity contribution is 7.17. The standard InChI is InChI=1S/C11H14N2O2S/c1-3-4-6-13-10(14)9-8(5-7-16-9)12(2)11(13)15/h5,7H,3-4,6H2,1-2H3. The van der Waals surface area contributed by atoms with E-state index in [4.69, 9.17) is 0 Å². The third kappa shape index (κ3) is 1.61. The molecule has 16 heavy (non-hydrogen) atoms. The van der Waals surface area contributed by atoms with Crippen molar-refractivity contribution >= 4 is 21.6 Å². The minimum Gasteiger partial charge on any atom is -0.295 e. The first kappa shape index (κ1) is 11.1. The molecule has 0 saturated carbocycles. The van der Waals surface area contributed by atoms with Crippen LogP contribution >= 0.6 is 11.3 Å². The molecular weight excluding hydrogens is 224 g/mol. The van der Waals surface area contributed by atoms with Gasteiger partial charge in [-0.25, -0.2) is 4.79 Å². The summed E-state index contributed by atoms with van der Waals surface area (Å²) in [5, 5.41) is 1.84. The highest BCUT2D eigenvalue weighted by atomic mass is 32.1. The van der Waals surface area contributed by atoms with E-state index in [-0.39, 0.29) is 11.2 Å². The zero-order chi connectivity index (χ0) is 11.7. The van der Waals surface area contributed by atoms with Crippen LogP contribution in [0.5, 0.6) is 0 Å². The molecule has 86 valence electrons. The molecule has 0 spiro atoms. The van der Waals surface area contributed by atoms with Crippen molar-refractivity contribution in [3.63, 3.8) is 0 Å². The van der Waals surface area contributed by atoms with Crippen LogP contribution in [-0.2, 0) is 13.6 Å². The Morgan fingerprint density at radius 1 is 1.38 bits per heavy atom. The second-order valence-electron chi connectivity index (χ2n) is 3.79. The molecule has 0 fully saturated rings. The molecule has 2 rings (SSSR count). The lowest BCUT2D eigenvalue weighted by Crippen LogP contribution is -2.38. The summed E-state index contributed by atoms with van der Waals surface area (Å²) in [7, 11) is 1.71. The van der Waals surface area contributed by atoms with Crippen molar-refractivity contribution in [2.75, 3.05) is 0 Å². The van der Waals surface area contributed by atoms with Crippen LogP contribution in [0.2, 0.25) is 0 Å². The molecule has 2 aromatic rings. The molecule has 0 aliphatic carbocycles. The van der Waals surface area contributed by atoms with Gasteiger partial charge in [0.05, 0.1) is 5.52 Å². The quantitative estimate of drug-likeness (QED) is 0.814.